The molecule has 1 N–H and O–H groups in total. The molecule has 0 radical (unpaired) electrons. The van der Waals surface area contributed by atoms with Gasteiger partial charge in [0.2, 0.25) is 0 Å². The van der Waals surface area contributed by atoms with Crippen LogP contribution in [-0.4, -0.2) is 82.0 Å². The van der Waals surface area contributed by atoms with Crippen LogP contribution in [-0.2, 0) is 14.3 Å². The lowest BCUT2D eigenvalue weighted by molar-refractivity contribution is -0.149. The van der Waals surface area contributed by atoms with Gasteiger partial charge in [0.1, 0.15) is 29.3 Å². The summed E-state index contributed by atoms with van der Waals surface area (Å²) < 4.78 is 22.2. The van der Waals surface area contributed by atoms with E-state index in [-0.39, 0.29) is 5.69 Å². The molecule has 0 bridgehead atoms. The van der Waals surface area contributed by atoms with Crippen LogP contribution in [0.4, 0.5) is 0 Å². The molecule has 0 saturated heterocycles. The standard InChI is InChI=1S/C35H44ClN3O6/c1-24-10-12-26(44-21-20-42-4)23-28(24)27-13-15-30(33(40)38-35(34(41)43-5)16-7-6-8-17-35)37-32(27)25-11-14-29(36)31(22-25)45-19-9-18-39(2)3/h10-15,22-23H,6-9,16-21H2,1-5H3,(H,38,40). The lowest BCUT2D eigenvalue weighted by Crippen LogP contribution is -2.56. The van der Waals surface area contributed by atoms with Gasteiger partial charge in [-0.15, -0.1) is 0 Å². The molecule has 1 aliphatic rings. The summed E-state index contributed by atoms with van der Waals surface area (Å²) in [5.41, 5.74) is 3.15. The van der Waals surface area contributed by atoms with Gasteiger partial charge < -0.3 is 29.2 Å². The van der Waals surface area contributed by atoms with E-state index in [2.05, 4.69) is 10.2 Å². The minimum absolute atomic E-state index is 0.191. The van der Waals surface area contributed by atoms with E-state index in [9.17, 15) is 9.59 Å². The van der Waals surface area contributed by atoms with Crippen LogP contribution in [0.2, 0.25) is 5.02 Å². The number of nitrogens with one attached hydrogen (secondary N) is 1. The maximum atomic E-state index is 13.7. The summed E-state index contributed by atoms with van der Waals surface area (Å²) in [6.07, 6.45) is 4.56. The topological polar surface area (TPSA) is 99.2 Å². The fraction of sp³-hybridized carbons (Fsp3) is 0.457. The number of ether oxygens (including phenoxy) is 4. The Labute approximate surface area is 271 Å². The van der Waals surface area contributed by atoms with Crippen LogP contribution in [0.5, 0.6) is 11.5 Å². The molecule has 4 rings (SSSR count). The highest BCUT2D eigenvalue weighted by molar-refractivity contribution is 6.32. The third kappa shape index (κ3) is 8.75. The van der Waals surface area contributed by atoms with E-state index >= 15 is 0 Å². The van der Waals surface area contributed by atoms with Gasteiger partial charge in [0, 0.05) is 24.8 Å². The Bertz CT molecular complexity index is 1470. The molecule has 242 valence electrons. The van der Waals surface area contributed by atoms with Crippen LogP contribution in [0.1, 0.15) is 54.6 Å². The fourth-order valence-electron chi connectivity index (χ4n) is 5.58. The van der Waals surface area contributed by atoms with Crippen molar-refractivity contribution in [3.63, 3.8) is 0 Å². The quantitative estimate of drug-likeness (QED) is 0.162. The summed E-state index contributed by atoms with van der Waals surface area (Å²) in [6.45, 7) is 4.28. The number of rotatable bonds is 14. The number of methoxy groups -OCH3 is 2. The van der Waals surface area contributed by atoms with E-state index in [1.54, 1.807) is 19.2 Å². The molecular formula is C35H44ClN3O6. The second kappa shape index (κ2) is 16.1. The highest BCUT2D eigenvalue weighted by atomic mass is 35.5. The Hall–Kier alpha value is -3.66. The molecule has 1 fully saturated rings. The molecule has 0 aliphatic heterocycles. The van der Waals surface area contributed by atoms with Gasteiger partial charge in [0.05, 0.1) is 31.0 Å². The predicted molar refractivity (Wildman–Crippen MR) is 176 cm³/mol. The van der Waals surface area contributed by atoms with E-state index in [1.807, 2.05) is 57.4 Å². The zero-order chi connectivity index (χ0) is 32.4. The number of esters is 1. The van der Waals surface area contributed by atoms with E-state index in [1.165, 1.54) is 7.11 Å². The first-order valence-corrected chi connectivity index (χ1v) is 15.8. The smallest absolute Gasteiger partial charge is 0.331 e. The number of benzene rings is 2. The molecule has 9 nitrogen and oxygen atoms in total. The number of aryl methyl sites for hydroxylation is 1. The van der Waals surface area contributed by atoms with Crippen LogP contribution < -0.4 is 14.8 Å². The van der Waals surface area contributed by atoms with Crippen LogP contribution in [0.25, 0.3) is 22.4 Å². The van der Waals surface area contributed by atoms with Crippen molar-refractivity contribution in [1.82, 2.24) is 15.2 Å². The number of halogens is 1. The number of amides is 1. The molecule has 1 aliphatic carbocycles. The lowest BCUT2D eigenvalue weighted by Gasteiger charge is -2.35. The third-order valence-corrected chi connectivity index (χ3v) is 8.34. The molecule has 0 spiro atoms. The van der Waals surface area contributed by atoms with Gasteiger partial charge in [0.25, 0.3) is 5.91 Å². The molecule has 1 aromatic heterocycles. The number of carbonyl (C=O) groups is 2. The molecule has 3 aromatic rings. The zero-order valence-electron chi connectivity index (χ0n) is 26.9. The molecule has 10 heteroatoms. The summed E-state index contributed by atoms with van der Waals surface area (Å²) in [5.74, 6) is 0.370. The van der Waals surface area contributed by atoms with Gasteiger partial charge in [-0.25, -0.2) is 9.78 Å². The molecular weight excluding hydrogens is 594 g/mol. The third-order valence-electron chi connectivity index (χ3n) is 8.03. The minimum Gasteiger partial charge on any atom is -0.492 e. The highest BCUT2D eigenvalue weighted by Gasteiger charge is 2.42. The van der Waals surface area contributed by atoms with E-state index in [0.717, 1.165) is 54.5 Å². The Balaban J connectivity index is 1.76. The second-order valence-corrected chi connectivity index (χ2v) is 12.1. The van der Waals surface area contributed by atoms with Crippen LogP contribution in [0.15, 0.2) is 48.5 Å². The normalized spacial score (nSPS) is 14.2. The SMILES string of the molecule is COCCOc1ccc(C)c(-c2ccc(C(=O)NC3(C(=O)OC)CCCCC3)nc2-c2ccc(Cl)c(OCCCN(C)C)c2)c1. The Morgan fingerprint density at radius 1 is 0.933 bits per heavy atom. The number of carbonyl (C=O) groups excluding carboxylic acids is 2. The van der Waals surface area contributed by atoms with Crippen LogP contribution in [0, 0.1) is 6.92 Å². The summed E-state index contributed by atoms with van der Waals surface area (Å²) >= 11 is 6.55. The summed E-state index contributed by atoms with van der Waals surface area (Å²) in [4.78, 5) is 33.6. The molecule has 1 amide bonds. The summed E-state index contributed by atoms with van der Waals surface area (Å²) in [6, 6.07) is 15.0. The number of nitrogens with zero attached hydrogens (tertiary/aromatic N) is 2. The number of aromatic nitrogens is 1. The number of hydrogen-bond acceptors (Lipinski definition) is 8. The largest absolute Gasteiger partial charge is 0.492 e. The fourth-order valence-corrected chi connectivity index (χ4v) is 5.76. The predicted octanol–water partition coefficient (Wildman–Crippen LogP) is 6.34. The van der Waals surface area contributed by atoms with Crippen molar-refractivity contribution in [2.24, 2.45) is 0 Å². The first-order chi connectivity index (χ1) is 21.7. The maximum Gasteiger partial charge on any atom is 0.331 e. The van der Waals surface area contributed by atoms with E-state index in [4.69, 9.17) is 35.5 Å². The van der Waals surface area contributed by atoms with Gasteiger partial charge in [-0.3, -0.25) is 4.79 Å². The van der Waals surface area contributed by atoms with Crippen molar-refractivity contribution in [3.05, 3.63) is 64.8 Å². The van der Waals surface area contributed by atoms with Crippen molar-refractivity contribution in [2.45, 2.75) is 51.0 Å². The van der Waals surface area contributed by atoms with Crippen molar-refractivity contribution in [3.8, 4) is 33.9 Å². The van der Waals surface area contributed by atoms with Crippen molar-refractivity contribution < 1.29 is 28.5 Å². The molecule has 1 heterocycles. The van der Waals surface area contributed by atoms with Crippen molar-refractivity contribution in [1.29, 1.82) is 0 Å². The van der Waals surface area contributed by atoms with Gasteiger partial charge in [-0.2, -0.15) is 0 Å². The van der Waals surface area contributed by atoms with E-state index in [0.29, 0.717) is 54.9 Å². The Morgan fingerprint density at radius 3 is 2.42 bits per heavy atom. The second-order valence-electron chi connectivity index (χ2n) is 11.6. The molecule has 1 saturated carbocycles. The van der Waals surface area contributed by atoms with Crippen molar-refractivity contribution in [2.75, 3.05) is 54.7 Å². The number of hydrogen-bond donors (Lipinski definition) is 1. The zero-order valence-corrected chi connectivity index (χ0v) is 27.7. The summed E-state index contributed by atoms with van der Waals surface area (Å²) in [7, 11) is 7.02. The van der Waals surface area contributed by atoms with Crippen molar-refractivity contribution >= 4 is 23.5 Å². The molecule has 0 unspecified atom stereocenters. The van der Waals surface area contributed by atoms with Gasteiger partial charge in [-0.05, 0) is 87.8 Å². The maximum absolute atomic E-state index is 13.7. The highest BCUT2D eigenvalue weighted by Crippen LogP contribution is 2.38. The van der Waals surface area contributed by atoms with Crippen LogP contribution >= 0.6 is 11.6 Å². The monoisotopic (exact) mass is 637 g/mol. The Morgan fingerprint density at radius 2 is 1.71 bits per heavy atom. The van der Waals surface area contributed by atoms with Gasteiger partial charge in [-0.1, -0.05) is 43.0 Å². The van der Waals surface area contributed by atoms with Gasteiger partial charge >= 0.3 is 5.97 Å². The first-order valence-electron chi connectivity index (χ1n) is 15.4. The van der Waals surface area contributed by atoms with E-state index < -0.39 is 17.4 Å². The molecule has 2 aromatic carbocycles. The average Bonchev–Trinajstić information content (AvgIpc) is 3.04. The lowest BCUT2D eigenvalue weighted by atomic mass is 9.81. The Kier molecular flexibility index (Phi) is 12.2. The average molecular weight is 638 g/mol. The minimum atomic E-state index is -1.07. The molecule has 0 atom stereocenters. The van der Waals surface area contributed by atoms with Crippen LogP contribution in [0.3, 0.4) is 0 Å². The number of pyridine rings is 1. The molecule has 45 heavy (non-hydrogen) atoms. The summed E-state index contributed by atoms with van der Waals surface area (Å²) in [5, 5.41) is 3.48. The van der Waals surface area contributed by atoms with Gasteiger partial charge in [0.15, 0.2) is 0 Å². The first kappa shape index (κ1) is 34.2.